The van der Waals surface area contributed by atoms with Crippen LogP contribution in [0.2, 0.25) is 0 Å². The maximum atomic E-state index is 10.3. The summed E-state index contributed by atoms with van der Waals surface area (Å²) in [5.74, 6) is 0.306. The minimum Gasteiger partial charge on any atom is -0.481 e. The third kappa shape index (κ3) is 6.79. The second-order valence-electron chi connectivity index (χ2n) is 4.32. The molecule has 0 aliphatic heterocycles. The monoisotopic (exact) mass is 239 g/mol. The molecular weight excluding hydrogens is 218 g/mol. The van der Waals surface area contributed by atoms with Gasteiger partial charge in [-0.05, 0) is 44.9 Å². The molecule has 1 atom stereocenters. The molecule has 0 saturated heterocycles. The number of aliphatic carboxylic acids is 1. The number of unbranched alkanes of at least 4 members (excludes halogenated alkanes) is 1. The first kappa shape index (κ1) is 13.8. The van der Waals surface area contributed by atoms with E-state index in [4.69, 9.17) is 9.52 Å². The highest BCUT2D eigenvalue weighted by molar-refractivity contribution is 5.66. The summed E-state index contributed by atoms with van der Waals surface area (Å²) in [5.41, 5.74) is 0. The van der Waals surface area contributed by atoms with Gasteiger partial charge in [0.05, 0.1) is 6.26 Å². The molecule has 0 saturated carbocycles. The van der Waals surface area contributed by atoms with Gasteiger partial charge in [-0.15, -0.1) is 0 Å². The minimum absolute atomic E-state index is 0.266. The zero-order valence-corrected chi connectivity index (χ0v) is 10.3. The molecule has 1 aromatic heterocycles. The summed E-state index contributed by atoms with van der Waals surface area (Å²) >= 11 is 0. The van der Waals surface area contributed by atoms with Crippen molar-refractivity contribution in [3.63, 3.8) is 0 Å². The molecule has 17 heavy (non-hydrogen) atoms. The summed E-state index contributed by atoms with van der Waals surface area (Å²) in [6, 6.07) is 4.32. The molecule has 1 aromatic rings. The van der Waals surface area contributed by atoms with Gasteiger partial charge in [-0.3, -0.25) is 4.79 Å². The van der Waals surface area contributed by atoms with Gasteiger partial charge in [-0.1, -0.05) is 0 Å². The van der Waals surface area contributed by atoms with Crippen LogP contribution >= 0.6 is 0 Å². The van der Waals surface area contributed by atoms with Crippen molar-refractivity contribution in [2.75, 3.05) is 6.54 Å². The van der Waals surface area contributed by atoms with Gasteiger partial charge in [0, 0.05) is 18.9 Å². The molecule has 0 aliphatic carbocycles. The molecule has 2 N–H and O–H groups in total. The zero-order valence-electron chi connectivity index (χ0n) is 10.3. The topological polar surface area (TPSA) is 62.5 Å². The number of furan rings is 1. The van der Waals surface area contributed by atoms with Crippen LogP contribution in [-0.4, -0.2) is 23.7 Å². The first-order valence-electron chi connectivity index (χ1n) is 6.16. The Balaban J connectivity index is 1.97. The fourth-order valence-electron chi connectivity index (χ4n) is 1.67. The van der Waals surface area contributed by atoms with Crippen LogP contribution in [0.5, 0.6) is 0 Å². The molecule has 96 valence electrons. The maximum absolute atomic E-state index is 10.3. The van der Waals surface area contributed by atoms with E-state index in [0.717, 1.165) is 38.0 Å². The lowest BCUT2D eigenvalue weighted by atomic mass is 10.1. The van der Waals surface area contributed by atoms with Gasteiger partial charge in [-0.2, -0.15) is 0 Å². The molecule has 0 fully saturated rings. The lowest BCUT2D eigenvalue weighted by Crippen LogP contribution is -2.27. The van der Waals surface area contributed by atoms with Gasteiger partial charge in [0.2, 0.25) is 0 Å². The largest absolute Gasteiger partial charge is 0.481 e. The van der Waals surface area contributed by atoms with E-state index in [0.29, 0.717) is 6.04 Å². The fraction of sp³-hybridized carbons (Fsp3) is 0.615. The number of aryl methyl sites for hydroxylation is 1. The molecule has 0 radical (unpaired) electrons. The summed E-state index contributed by atoms with van der Waals surface area (Å²) in [6.07, 6.45) is 5.59. The second kappa shape index (κ2) is 7.90. The number of carboxylic acids is 1. The molecule has 4 nitrogen and oxygen atoms in total. The SMILES string of the molecule is CC(CCc1ccco1)NCCCCC(=O)O. The van der Waals surface area contributed by atoms with E-state index >= 15 is 0 Å². The number of carbonyl (C=O) groups is 1. The van der Waals surface area contributed by atoms with Crippen LogP contribution in [0.1, 0.15) is 38.4 Å². The average molecular weight is 239 g/mol. The molecule has 4 heteroatoms. The van der Waals surface area contributed by atoms with E-state index in [-0.39, 0.29) is 6.42 Å². The van der Waals surface area contributed by atoms with Crippen LogP contribution in [0, 0.1) is 0 Å². The highest BCUT2D eigenvalue weighted by Crippen LogP contribution is 2.05. The van der Waals surface area contributed by atoms with Gasteiger partial charge in [0.15, 0.2) is 0 Å². The van der Waals surface area contributed by atoms with Crippen LogP contribution in [0.25, 0.3) is 0 Å². The van der Waals surface area contributed by atoms with E-state index in [1.54, 1.807) is 6.26 Å². The Kier molecular flexibility index (Phi) is 6.40. The normalized spacial score (nSPS) is 12.5. The molecule has 0 amide bonds. The van der Waals surface area contributed by atoms with Gasteiger partial charge >= 0.3 is 5.97 Å². The highest BCUT2D eigenvalue weighted by atomic mass is 16.4. The van der Waals surface area contributed by atoms with Crippen molar-refractivity contribution in [1.82, 2.24) is 5.32 Å². The third-order valence-corrected chi connectivity index (χ3v) is 2.71. The second-order valence-corrected chi connectivity index (χ2v) is 4.32. The van der Waals surface area contributed by atoms with Crippen LogP contribution in [0.3, 0.4) is 0 Å². The summed E-state index contributed by atoms with van der Waals surface area (Å²) < 4.78 is 5.26. The molecule has 1 unspecified atom stereocenters. The number of carboxylic acid groups (broad SMARTS) is 1. The first-order valence-corrected chi connectivity index (χ1v) is 6.16. The van der Waals surface area contributed by atoms with E-state index in [9.17, 15) is 4.79 Å². The fourth-order valence-corrected chi connectivity index (χ4v) is 1.67. The maximum Gasteiger partial charge on any atom is 0.303 e. The van der Waals surface area contributed by atoms with Crippen molar-refractivity contribution in [1.29, 1.82) is 0 Å². The molecule has 0 aliphatic rings. The van der Waals surface area contributed by atoms with E-state index < -0.39 is 5.97 Å². The lowest BCUT2D eigenvalue weighted by Gasteiger charge is -2.12. The van der Waals surface area contributed by atoms with E-state index in [1.165, 1.54) is 0 Å². The van der Waals surface area contributed by atoms with Crippen LogP contribution in [0.15, 0.2) is 22.8 Å². The number of hydrogen-bond acceptors (Lipinski definition) is 3. The minimum atomic E-state index is -0.712. The van der Waals surface area contributed by atoms with Crippen molar-refractivity contribution in [2.45, 2.75) is 45.1 Å². The Hall–Kier alpha value is -1.29. The lowest BCUT2D eigenvalue weighted by molar-refractivity contribution is -0.137. The van der Waals surface area contributed by atoms with Crippen molar-refractivity contribution < 1.29 is 14.3 Å². The van der Waals surface area contributed by atoms with Crippen molar-refractivity contribution >= 4 is 5.97 Å². The summed E-state index contributed by atoms with van der Waals surface area (Å²) in [6.45, 7) is 3.02. The molecule has 1 rings (SSSR count). The molecule has 0 spiro atoms. The predicted molar refractivity (Wildman–Crippen MR) is 66.0 cm³/mol. The van der Waals surface area contributed by atoms with Crippen LogP contribution in [0.4, 0.5) is 0 Å². The van der Waals surface area contributed by atoms with Crippen LogP contribution < -0.4 is 5.32 Å². The molecule has 0 bridgehead atoms. The first-order chi connectivity index (χ1) is 8.18. The van der Waals surface area contributed by atoms with Crippen LogP contribution in [-0.2, 0) is 11.2 Å². The van der Waals surface area contributed by atoms with Crippen molar-refractivity contribution in [3.05, 3.63) is 24.2 Å². The number of rotatable bonds is 9. The summed E-state index contributed by atoms with van der Waals surface area (Å²) in [4.78, 5) is 10.3. The summed E-state index contributed by atoms with van der Waals surface area (Å²) in [5, 5.41) is 11.9. The molecular formula is C13H21NO3. The van der Waals surface area contributed by atoms with Crippen molar-refractivity contribution in [2.24, 2.45) is 0 Å². The van der Waals surface area contributed by atoms with Crippen molar-refractivity contribution in [3.8, 4) is 0 Å². The number of nitrogens with one attached hydrogen (secondary N) is 1. The number of hydrogen-bond donors (Lipinski definition) is 2. The Morgan fingerprint density at radius 3 is 3.00 bits per heavy atom. The standard InChI is InChI=1S/C13H21NO3/c1-11(7-8-12-5-4-10-17-12)14-9-3-2-6-13(15)16/h4-5,10-11,14H,2-3,6-9H2,1H3,(H,15,16). The van der Waals surface area contributed by atoms with Gasteiger partial charge in [0.1, 0.15) is 5.76 Å². The Morgan fingerprint density at radius 2 is 2.35 bits per heavy atom. The molecule has 1 heterocycles. The van der Waals surface area contributed by atoms with Gasteiger partial charge < -0.3 is 14.8 Å². The Bertz CT molecular complexity index is 308. The quantitative estimate of drug-likeness (QED) is 0.650. The van der Waals surface area contributed by atoms with Gasteiger partial charge in [0.25, 0.3) is 0 Å². The predicted octanol–water partition coefficient (Wildman–Crippen LogP) is 2.45. The van der Waals surface area contributed by atoms with Gasteiger partial charge in [-0.25, -0.2) is 0 Å². The Labute approximate surface area is 102 Å². The Morgan fingerprint density at radius 1 is 1.53 bits per heavy atom. The van der Waals surface area contributed by atoms with E-state index in [2.05, 4.69) is 12.2 Å². The summed E-state index contributed by atoms with van der Waals surface area (Å²) in [7, 11) is 0. The zero-order chi connectivity index (χ0) is 12.5. The average Bonchev–Trinajstić information content (AvgIpc) is 2.78. The molecule has 0 aromatic carbocycles. The van der Waals surface area contributed by atoms with E-state index in [1.807, 2.05) is 12.1 Å². The third-order valence-electron chi connectivity index (χ3n) is 2.71. The smallest absolute Gasteiger partial charge is 0.303 e. The highest BCUT2D eigenvalue weighted by Gasteiger charge is 2.03.